The van der Waals surface area contributed by atoms with E-state index in [1.807, 2.05) is 24.3 Å². The van der Waals surface area contributed by atoms with Gasteiger partial charge < -0.3 is 24.6 Å². The number of ether oxygens (including phenoxy) is 3. The SMILES string of the molecule is COc1ccc(COCC2(C(NC(=O)OC(C)(C)C)C(=O)O)CC2)cc1. The minimum absolute atomic E-state index is 0.256. The summed E-state index contributed by atoms with van der Waals surface area (Å²) in [5.41, 5.74) is -0.308. The Morgan fingerprint density at radius 3 is 2.31 bits per heavy atom. The van der Waals surface area contributed by atoms with Gasteiger partial charge >= 0.3 is 12.1 Å². The van der Waals surface area contributed by atoms with Gasteiger partial charge in [-0.2, -0.15) is 0 Å². The Kier molecular flexibility index (Phi) is 6.13. The van der Waals surface area contributed by atoms with Crippen molar-refractivity contribution in [2.24, 2.45) is 5.41 Å². The van der Waals surface area contributed by atoms with E-state index >= 15 is 0 Å². The number of carbonyl (C=O) groups excluding carboxylic acids is 1. The van der Waals surface area contributed by atoms with Crippen molar-refractivity contribution in [2.75, 3.05) is 13.7 Å². The molecular formula is C19H27NO6. The molecule has 1 aromatic carbocycles. The van der Waals surface area contributed by atoms with Crippen LogP contribution in [0.1, 0.15) is 39.2 Å². The van der Waals surface area contributed by atoms with Crippen LogP contribution in [0.15, 0.2) is 24.3 Å². The molecule has 0 aromatic heterocycles. The van der Waals surface area contributed by atoms with Crippen LogP contribution in [0, 0.1) is 5.41 Å². The Hall–Kier alpha value is -2.28. The maximum Gasteiger partial charge on any atom is 0.408 e. The molecule has 0 bridgehead atoms. The van der Waals surface area contributed by atoms with E-state index < -0.39 is 29.1 Å². The molecule has 2 N–H and O–H groups in total. The summed E-state index contributed by atoms with van der Waals surface area (Å²) in [5.74, 6) is -0.318. The molecular weight excluding hydrogens is 338 g/mol. The zero-order valence-corrected chi connectivity index (χ0v) is 15.7. The Balaban J connectivity index is 1.91. The lowest BCUT2D eigenvalue weighted by Gasteiger charge is -2.26. The van der Waals surface area contributed by atoms with Crippen LogP contribution in [0.25, 0.3) is 0 Å². The van der Waals surface area contributed by atoms with Gasteiger partial charge in [0, 0.05) is 5.41 Å². The molecule has 144 valence electrons. The van der Waals surface area contributed by atoms with E-state index in [9.17, 15) is 14.7 Å². The smallest absolute Gasteiger partial charge is 0.408 e. The zero-order chi connectivity index (χ0) is 19.4. The number of rotatable bonds is 8. The van der Waals surface area contributed by atoms with Crippen molar-refractivity contribution in [2.45, 2.75) is 51.9 Å². The van der Waals surface area contributed by atoms with Crippen LogP contribution in [-0.2, 0) is 20.9 Å². The van der Waals surface area contributed by atoms with Crippen LogP contribution in [0.4, 0.5) is 4.79 Å². The van der Waals surface area contributed by atoms with Gasteiger partial charge in [-0.3, -0.25) is 0 Å². The molecule has 1 amide bonds. The van der Waals surface area contributed by atoms with Gasteiger partial charge in [-0.1, -0.05) is 12.1 Å². The lowest BCUT2D eigenvalue weighted by molar-refractivity contribution is -0.142. The average molecular weight is 365 g/mol. The molecule has 7 nitrogen and oxygen atoms in total. The van der Waals surface area contributed by atoms with Crippen LogP contribution in [0.5, 0.6) is 5.75 Å². The summed E-state index contributed by atoms with van der Waals surface area (Å²) in [6, 6.07) is 6.44. The highest BCUT2D eigenvalue weighted by atomic mass is 16.6. The van der Waals surface area contributed by atoms with Gasteiger partial charge in [0.25, 0.3) is 0 Å². The number of methoxy groups -OCH3 is 1. The van der Waals surface area contributed by atoms with Gasteiger partial charge in [0.1, 0.15) is 17.4 Å². The minimum atomic E-state index is -1.08. The van der Waals surface area contributed by atoms with Gasteiger partial charge in [-0.25, -0.2) is 9.59 Å². The lowest BCUT2D eigenvalue weighted by Crippen LogP contribution is -2.50. The number of carboxylic acid groups (broad SMARTS) is 1. The third-order valence-corrected chi connectivity index (χ3v) is 4.23. The highest BCUT2D eigenvalue weighted by molar-refractivity contribution is 5.81. The van der Waals surface area contributed by atoms with Crippen molar-refractivity contribution in [3.63, 3.8) is 0 Å². The molecule has 7 heteroatoms. The summed E-state index contributed by atoms with van der Waals surface area (Å²) in [4.78, 5) is 23.6. The highest BCUT2D eigenvalue weighted by Crippen LogP contribution is 2.49. The second kappa shape index (κ2) is 7.95. The van der Waals surface area contributed by atoms with E-state index in [4.69, 9.17) is 14.2 Å². The topological polar surface area (TPSA) is 94.1 Å². The molecule has 0 saturated heterocycles. The Morgan fingerprint density at radius 1 is 1.23 bits per heavy atom. The largest absolute Gasteiger partial charge is 0.497 e. The van der Waals surface area contributed by atoms with Crippen LogP contribution >= 0.6 is 0 Å². The first-order valence-corrected chi connectivity index (χ1v) is 8.58. The standard InChI is InChI=1S/C19H27NO6/c1-18(2,3)26-17(23)20-15(16(21)22)19(9-10-19)12-25-11-13-5-7-14(24-4)8-6-13/h5-8,15H,9-12H2,1-4H3,(H,20,23)(H,21,22). The van der Waals surface area contributed by atoms with Crippen molar-refractivity contribution >= 4 is 12.1 Å². The number of benzene rings is 1. The van der Waals surface area contributed by atoms with Crippen molar-refractivity contribution < 1.29 is 28.9 Å². The summed E-state index contributed by atoms with van der Waals surface area (Å²) < 4.78 is 16.0. The van der Waals surface area contributed by atoms with Crippen molar-refractivity contribution in [1.82, 2.24) is 5.32 Å². The second-order valence-corrected chi connectivity index (χ2v) is 7.62. The van der Waals surface area contributed by atoms with Crippen LogP contribution in [0.3, 0.4) is 0 Å². The van der Waals surface area contributed by atoms with E-state index in [-0.39, 0.29) is 6.61 Å². The molecule has 2 rings (SSSR count). The number of alkyl carbamates (subject to hydrolysis) is 1. The number of carboxylic acids is 1. The van der Waals surface area contributed by atoms with Crippen molar-refractivity contribution in [3.05, 3.63) is 29.8 Å². The average Bonchev–Trinajstić information content (AvgIpc) is 3.32. The molecule has 1 aromatic rings. The predicted octanol–water partition coefficient (Wildman–Crippen LogP) is 2.97. The van der Waals surface area contributed by atoms with E-state index in [0.717, 1.165) is 11.3 Å². The summed E-state index contributed by atoms with van der Waals surface area (Å²) in [7, 11) is 1.60. The van der Waals surface area contributed by atoms with E-state index in [0.29, 0.717) is 19.4 Å². The van der Waals surface area contributed by atoms with E-state index in [1.165, 1.54) is 0 Å². The Bertz CT molecular complexity index is 630. The number of hydrogen-bond acceptors (Lipinski definition) is 5. The number of hydrogen-bond donors (Lipinski definition) is 2. The third-order valence-electron chi connectivity index (χ3n) is 4.23. The fourth-order valence-electron chi connectivity index (χ4n) is 2.67. The zero-order valence-electron chi connectivity index (χ0n) is 15.7. The molecule has 1 saturated carbocycles. The molecule has 1 aliphatic rings. The van der Waals surface area contributed by atoms with Crippen LogP contribution in [0.2, 0.25) is 0 Å². The summed E-state index contributed by atoms with van der Waals surface area (Å²) >= 11 is 0. The lowest BCUT2D eigenvalue weighted by atomic mass is 9.97. The monoisotopic (exact) mass is 365 g/mol. The maximum absolute atomic E-state index is 12.0. The normalized spacial score (nSPS) is 16.5. The van der Waals surface area contributed by atoms with Gasteiger partial charge in [0.15, 0.2) is 0 Å². The first-order valence-electron chi connectivity index (χ1n) is 8.58. The quantitative estimate of drug-likeness (QED) is 0.735. The van der Waals surface area contributed by atoms with Gasteiger partial charge in [-0.05, 0) is 51.3 Å². The first-order chi connectivity index (χ1) is 12.1. The molecule has 1 fully saturated rings. The molecule has 1 aliphatic carbocycles. The fraction of sp³-hybridized carbons (Fsp3) is 0.579. The number of aliphatic carboxylic acids is 1. The fourth-order valence-corrected chi connectivity index (χ4v) is 2.67. The van der Waals surface area contributed by atoms with Gasteiger partial charge in [0.05, 0.1) is 20.3 Å². The molecule has 26 heavy (non-hydrogen) atoms. The molecule has 0 heterocycles. The predicted molar refractivity (Wildman–Crippen MR) is 95.1 cm³/mol. The molecule has 1 unspecified atom stereocenters. The first kappa shape index (κ1) is 20.0. The van der Waals surface area contributed by atoms with Crippen LogP contribution in [-0.4, -0.2) is 42.5 Å². The number of amides is 1. The Labute approximate surface area is 153 Å². The third kappa shape index (κ3) is 5.62. The maximum atomic E-state index is 12.0. The number of carbonyl (C=O) groups is 2. The number of nitrogens with one attached hydrogen (secondary N) is 1. The Morgan fingerprint density at radius 2 is 1.85 bits per heavy atom. The molecule has 0 spiro atoms. The minimum Gasteiger partial charge on any atom is -0.497 e. The highest BCUT2D eigenvalue weighted by Gasteiger charge is 2.54. The van der Waals surface area contributed by atoms with Crippen LogP contribution < -0.4 is 10.1 Å². The van der Waals surface area contributed by atoms with Crippen molar-refractivity contribution in [3.8, 4) is 5.75 Å². The summed E-state index contributed by atoms with van der Waals surface area (Å²) in [6.45, 7) is 5.81. The van der Waals surface area contributed by atoms with Gasteiger partial charge in [0.2, 0.25) is 0 Å². The van der Waals surface area contributed by atoms with E-state index in [2.05, 4.69) is 5.32 Å². The molecule has 0 radical (unpaired) electrons. The summed E-state index contributed by atoms with van der Waals surface area (Å²) in [5, 5.41) is 12.0. The summed E-state index contributed by atoms with van der Waals surface area (Å²) in [6.07, 6.45) is 0.636. The van der Waals surface area contributed by atoms with Gasteiger partial charge in [-0.15, -0.1) is 0 Å². The second-order valence-electron chi connectivity index (χ2n) is 7.62. The van der Waals surface area contributed by atoms with Crippen molar-refractivity contribution in [1.29, 1.82) is 0 Å². The molecule has 1 atom stereocenters. The molecule has 0 aliphatic heterocycles. The van der Waals surface area contributed by atoms with E-state index in [1.54, 1.807) is 27.9 Å².